The number of halogens is 3. The molecule has 0 heterocycles. The summed E-state index contributed by atoms with van der Waals surface area (Å²) in [5, 5.41) is 3.33. The highest BCUT2D eigenvalue weighted by Gasteiger charge is 2.30. The molecule has 4 heteroatoms. The van der Waals surface area contributed by atoms with E-state index in [0.717, 1.165) is 24.6 Å². The van der Waals surface area contributed by atoms with Crippen molar-refractivity contribution in [2.24, 2.45) is 0 Å². The Balaban J connectivity index is 3.01. The zero-order chi connectivity index (χ0) is 14.5. The van der Waals surface area contributed by atoms with Gasteiger partial charge in [-0.05, 0) is 49.6 Å². The molecule has 1 unspecified atom stereocenters. The molecule has 1 atom stereocenters. The molecule has 0 amide bonds. The number of rotatable bonds is 6. The Hall–Kier alpha value is -1.29. The predicted molar refractivity (Wildman–Crippen MR) is 72.0 cm³/mol. The van der Waals surface area contributed by atoms with Crippen LogP contribution < -0.4 is 5.32 Å². The highest BCUT2D eigenvalue weighted by atomic mass is 19.4. The van der Waals surface area contributed by atoms with Crippen molar-refractivity contribution in [3.8, 4) is 0 Å². The number of hydrogen-bond acceptors (Lipinski definition) is 1. The first-order valence-electron chi connectivity index (χ1n) is 6.42. The molecule has 0 bridgehead atoms. The second-order valence-electron chi connectivity index (χ2n) is 4.60. The maximum atomic E-state index is 12.6. The van der Waals surface area contributed by atoms with Gasteiger partial charge in [-0.1, -0.05) is 19.1 Å². The number of hydrogen-bond donors (Lipinski definition) is 1. The molecule has 0 radical (unpaired) electrons. The average molecular weight is 271 g/mol. The van der Waals surface area contributed by atoms with Gasteiger partial charge in [-0.3, -0.25) is 0 Å². The lowest BCUT2D eigenvalue weighted by molar-refractivity contribution is -0.137. The fourth-order valence-corrected chi connectivity index (χ4v) is 2.05. The summed E-state index contributed by atoms with van der Waals surface area (Å²) in [6, 6.07) is 3.94. The molecule has 1 aromatic rings. The second-order valence-corrected chi connectivity index (χ2v) is 4.60. The van der Waals surface area contributed by atoms with Gasteiger partial charge in [0.05, 0.1) is 5.56 Å². The molecular weight excluding hydrogens is 251 g/mol. The van der Waals surface area contributed by atoms with E-state index in [1.807, 2.05) is 0 Å². The van der Waals surface area contributed by atoms with Crippen molar-refractivity contribution in [3.05, 3.63) is 47.5 Å². The Bertz CT molecular complexity index is 424. The predicted octanol–water partition coefficient (Wildman–Crippen LogP) is 4.63. The third-order valence-electron chi connectivity index (χ3n) is 3.02. The van der Waals surface area contributed by atoms with Crippen LogP contribution in [0.2, 0.25) is 0 Å². The van der Waals surface area contributed by atoms with Gasteiger partial charge in [0, 0.05) is 6.04 Å². The fourth-order valence-electron chi connectivity index (χ4n) is 2.05. The fraction of sp³-hybridized carbons (Fsp3) is 0.467. The number of alkyl halides is 3. The van der Waals surface area contributed by atoms with Crippen molar-refractivity contribution in [2.75, 3.05) is 6.54 Å². The largest absolute Gasteiger partial charge is 0.416 e. The molecule has 0 aromatic heterocycles. The van der Waals surface area contributed by atoms with Crippen LogP contribution in [0.3, 0.4) is 0 Å². The topological polar surface area (TPSA) is 12.0 Å². The standard InChI is InChI=1S/C15H20F3N/c1-4-6-14(19-9-5-2)13-8-7-12(10-11(13)3)15(16,17)18/h4,7-8,10,14,19H,1,5-6,9H2,2-3H3. The van der Waals surface area contributed by atoms with E-state index < -0.39 is 11.7 Å². The number of nitrogens with one attached hydrogen (secondary N) is 1. The summed E-state index contributed by atoms with van der Waals surface area (Å²) in [6.07, 6.45) is -0.821. The maximum Gasteiger partial charge on any atom is 0.416 e. The van der Waals surface area contributed by atoms with Gasteiger partial charge in [-0.25, -0.2) is 0 Å². The molecule has 106 valence electrons. The molecule has 0 aliphatic heterocycles. The van der Waals surface area contributed by atoms with Crippen molar-refractivity contribution in [1.82, 2.24) is 5.32 Å². The van der Waals surface area contributed by atoms with E-state index in [9.17, 15) is 13.2 Å². The Morgan fingerprint density at radius 1 is 1.37 bits per heavy atom. The number of benzene rings is 1. The van der Waals surface area contributed by atoms with Crippen LogP contribution in [-0.2, 0) is 6.18 Å². The van der Waals surface area contributed by atoms with Crippen LogP contribution in [-0.4, -0.2) is 6.54 Å². The van der Waals surface area contributed by atoms with E-state index in [4.69, 9.17) is 0 Å². The van der Waals surface area contributed by atoms with E-state index in [0.29, 0.717) is 12.0 Å². The van der Waals surface area contributed by atoms with Crippen LogP contribution in [0, 0.1) is 6.92 Å². The van der Waals surface area contributed by atoms with Gasteiger partial charge in [0.2, 0.25) is 0 Å². The maximum absolute atomic E-state index is 12.6. The van der Waals surface area contributed by atoms with Crippen LogP contribution >= 0.6 is 0 Å². The van der Waals surface area contributed by atoms with E-state index in [2.05, 4.69) is 18.8 Å². The smallest absolute Gasteiger partial charge is 0.310 e. The molecule has 0 aliphatic rings. The third-order valence-corrected chi connectivity index (χ3v) is 3.02. The normalized spacial score (nSPS) is 13.3. The van der Waals surface area contributed by atoms with Crippen LogP contribution in [0.25, 0.3) is 0 Å². The van der Waals surface area contributed by atoms with Gasteiger partial charge < -0.3 is 5.32 Å². The third kappa shape index (κ3) is 4.39. The SMILES string of the molecule is C=CCC(NCCC)c1ccc(C(F)(F)F)cc1C. The molecule has 0 saturated heterocycles. The first-order valence-corrected chi connectivity index (χ1v) is 6.42. The summed E-state index contributed by atoms with van der Waals surface area (Å²) in [5.41, 5.74) is 0.966. The van der Waals surface area contributed by atoms with Crippen molar-refractivity contribution in [1.29, 1.82) is 0 Å². The summed E-state index contributed by atoms with van der Waals surface area (Å²) in [6.45, 7) is 8.30. The Labute approximate surface area is 112 Å². The van der Waals surface area contributed by atoms with Crippen molar-refractivity contribution in [2.45, 2.75) is 38.9 Å². The summed E-state index contributed by atoms with van der Waals surface area (Å²) < 4.78 is 37.9. The van der Waals surface area contributed by atoms with E-state index in [1.165, 1.54) is 6.07 Å². The quantitative estimate of drug-likeness (QED) is 0.744. The van der Waals surface area contributed by atoms with Gasteiger partial charge in [0.25, 0.3) is 0 Å². The molecule has 0 fully saturated rings. The Kier molecular flexibility index (Phi) is 5.60. The zero-order valence-corrected chi connectivity index (χ0v) is 11.3. The van der Waals surface area contributed by atoms with Crippen LogP contribution in [0.1, 0.15) is 42.5 Å². The monoisotopic (exact) mass is 271 g/mol. The van der Waals surface area contributed by atoms with Crippen LogP contribution in [0.15, 0.2) is 30.9 Å². The molecule has 0 spiro atoms. The van der Waals surface area contributed by atoms with Gasteiger partial charge in [0.1, 0.15) is 0 Å². The lowest BCUT2D eigenvalue weighted by Crippen LogP contribution is -2.22. The zero-order valence-electron chi connectivity index (χ0n) is 11.3. The van der Waals surface area contributed by atoms with Crippen molar-refractivity contribution >= 4 is 0 Å². The second kappa shape index (κ2) is 6.75. The Morgan fingerprint density at radius 3 is 2.53 bits per heavy atom. The summed E-state index contributed by atoms with van der Waals surface area (Å²) in [7, 11) is 0. The van der Waals surface area contributed by atoms with Crippen LogP contribution in [0.5, 0.6) is 0 Å². The van der Waals surface area contributed by atoms with E-state index in [1.54, 1.807) is 19.1 Å². The molecule has 0 saturated carbocycles. The molecule has 1 aromatic carbocycles. The van der Waals surface area contributed by atoms with E-state index in [-0.39, 0.29) is 6.04 Å². The first-order chi connectivity index (χ1) is 8.90. The number of aryl methyl sites for hydroxylation is 1. The summed E-state index contributed by atoms with van der Waals surface area (Å²) in [4.78, 5) is 0. The Morgan fingerprint density at radius 2 is 2.05 bits per heavy atom. The molecular formula is C15H20F3N. The highest BCUT2D eigenvalue weighted by Crippen LogP contribution is 2.32. The summed E-state index contributed by atoms with van der Waals surface area (Å²) in [5.74, 6) is 0. The minimum Gasteiger partial charge on any atom is -0.310 e. The minimum atomic E-state index is -4.28. The lowest BCUT2D eigenvalue weighted by atomic mass is 9.96. The van der Waals surface area contributed by atoms with E-state index >= 15 is 0 Å². The van der Waals surface area contributed by atoms with Crippen LogP contribution in [0.4, 0.5) is 13.2 Å². The van der Waals surface area contributed by atoms with Gasteiger partial charge in [-0.15, -0.1) is 6.58 Å². The van der Waals surface area contributed by atoms with Crippen molar-refractivity contribution in [3.63, 3.8) is 0 Å². The molecule has 1 N–H and O–H groups in total. The molecule has 0 aliphatic carbocycles. The van der Waals surface area contributed by atoms with Gasteiger partial charge in [-0.2, -0.15) is 13.2 Å². The molecule has 1 nitrogen and oxygen atoms in total. The first kappa shape index (κ1) is 15.8. The minimum absolute atomic E-state index is 0.0275. The molecule has 1 rings (SSSR count). The average Bonchev–Trinajstić information content (AvgIpc) is 2.33. The van der Waals surface area contributed by atoms with Gasteiger partial charge >= 0.3 is 6.18 Å². The lowest BCUT2D eigenvalue weighted by Gasteiger charge is -2.20. The highest BCUT2D eigenvalue weighted by molar-refractivity contribution is 5.35. The molecule has 19 heavy (non-hydrogen) atoms. The van der Waals surface area contributed by atoms with Crippen molar-refractivity contribution < 1.29 is 13.2 Å². The summed E-state index contributed by atoms with van der Waals surface area (Å²) >= 11 is 0. The van der Waals surface area contributed by atoms with Gasteiger partial charge in [0.15, 0.2) is 0 Å².